The molecule has 208 valence electrons. The molecule has 0 radical (unpaired) electrons. The first-order valence-electron chi connectivity index (χ1n) is 12.8. The third-order valence-corrected chi connectivity index (χ3v) is 9.93. The summed E-state index contributed by atoms with van der Waals surface area (Å²) in [6, 6.07) is 4.77. The minimum absolute atomic E-state index is 0.0365. The monoisotopic (exact) mass is 578 g/mol. The average molecular weight is 579 g/mol. The maximum Gasteiger partial charge on any atom is 0.303 e. The average Bonchev–Trinajstić information content (AvgIpc) is 3.20. The molecule has 2 saturated heterocycles. The summed E-state index contributed by atoms with van der Waals surface area (Å²) in [6.45, 7) is 1.97. The molecule has 1 aromatic rings. The third-order valence-electron chi connectivity index (χ3n) is 8.52. The fourth-order valence-corrected chi connectivity index (χ4v) is 7.82. The number of phenols is 1. The van der Waals surface area contributed by atoms with Crippen molar-refractivity contribution in [2.75, 3.05) is 20.2 Å². The number of benzene rings is 1. The van der Waals surface area contributed by atoms with E-state index in [1.54, 1.807) is 31.2 Å². The second kappa shape index (κ2) is 9.52. The highest BCUT2D eigenvalue weighted by Crippen LogP contribution is 2.66. The molecule has 10 nitrogen and oxygen atoms in total. The third kappa shape index (κ3) is 3.71. The van der Waals surface area contributed by atoms with Crippen LogP contribution in [-0.4, -0.2) is 79.6 Å². The van der Waals surface area contributed by atoms with E-state index in [0.717, 1.165) is 9.80 Å². The Kier molecular flexibility index (Phi) is 6.70. The van der Waals surface area contributed by atoms with E-state index in [1.165, 1.54) is 7.05 Å². The molecule has 2 aliphatic heterocycles. The van der Waals surface area contributed by atoms with Crippen molar-refractivity contribution in [1.82, 2.24) is 9.80 Å². The molecule has 0 aromatic heterocycles. The van der Waals surface area contributed by atoms with Crippen LogP contribution < -0.4 is 4.74 Å². The normalized spacial score (nSPS) is 33.6. The molecular formula is C27H28Cl2N2O8. The number of nitrogens with zero attached hydrogens (tertiary/aromatic N) is 2. The fourth-order valence-electron chi connectivity index (χ4n) is 6.81. The Bertz CT molecular complexity index is 1330. The number of alkyl halides is 2. The summed E-state index contributed by atoms with van der Waals surface area (Å²) < 4.78 is 5.56. The lowest BCUT2D eigenvalue weighted by atomic mass is 9.56. The number of hydrogen-bond donors (Lipinski definition) is 2. The van der Waals surface area contributed by atoms with Crippen LogP contribution in [0.2, 0.25) is 0 Å². The van der Waals surface area contributed by atoms with E-state index in [4.69, 9.17) is 33.0 Å². The molecular weight excluding hydrogens is 551 g/mol. The lowest BCUT2D eigenvalue weighted by Crippen LogP contribution is -2.60. The van der Waals surface area contributed by atoms with Crippen molar-refractivity contribution in [1.29, 1.82) is 0 Å². The van der Waals surface area contributed by atoms with Crippen molar-refractivity contribution in [3.05, 3.63) is 35.4 Å². The highest BCUT2D eigenvalue weighted by Gasteiger charge is 2.76. The summed E-state index contributed by atoms with van der Waals surface area (Å²) in [5.74, 6) is -6.84. The number of hydrogen-bond acceptors (Lipinski definition) is 7. The Morgan fingerprint density at radius 3 is 2.51 bits per heavy atom. The zero-order valence-electron chi connectivity index (χ0n) is 21.4. The van der Waals surface area contributed by atoms with E-state index >= 15 is 0 Å². The number of carboxylic acid groups (broad SMARTS) is 1. The van der Waals surface area contributed by atoms with Crippen LogP contribution in [0, 0.1) is 17.8 Å². The first-order valence-corrected chi connectivity index (χ1v) is 13.6. The number of ether oxygens (including phenoxy) is 1. The van der Waals surface area contributed by atoms with Crippen molar-refractivity contribution < 1.29 is 38.9 Å². The predicted octanol–water partition coefficient (Wildman–Crippen LogP) is 2.64. The van der Waals surface area contributed by atoms with Crippen molar-refractivity contribution in [2.45, 2.75) is 48.3 Å². The summed E-state index contributed by atoms with van der Waals surface area (Å²) in [5.41, 5.74) is 0.776. The first kappa shape index (κ1) is 27.5. The number of halogens is 2. The number of fused-ring (bicyclic) bond motifs is 4. The Hall–Kier alpha value is -3.11. The van der Waals surface area contributed by atoms with E-state index in [0.29, 0.717) is 5.57 Å². The number of allylic oxidation sites excluding steroid dienone is 2. The van der Waals surface area contributed by atoms with Crippen LogP contribution in [0.15, 0.2) is 29.8 Å². The van der Waals surface area contributed by atoms with Gasteiger partial charge in [-0.15, -0.1) is 23.2 Å². The van der Waals surface area contributed by atoms with Crippen LogP contribution in [0.4, 0.5) is 0 Å². The number of carboxylic acids is 1. The molecule has 1 saturated carbocycles. The van der Waals surface area contributed by atoms with Crippen LogP contribution in [-0.2, 0) is 24.0 Å². The van der Waals surface area contributed by atoms with Gasteiger partial charge in [0.25, 0.3) is 11.8 Å². The Labute approximate surface area is 234 Å². The topological polar surface area (TPSA) is 142 Å². The first-order chi connectivity index (χ1) is 18.4. The van der Waals surface area contributed by atoms with E-state index in [9.17, 15) is 29.1 Å². The van der Waals surface area contributed by atoms with Crippen molar-refractivity contribution in [2.24, 2.45) is 17.8 Å². The number of aliphatic carboxylic acids is 1. The molecule has 6 unspecified atom stereocenters. The summed E-state index contributed by atoms with van der Waals surface area (Å²) in [4.78, 5) is 62.9. The lowest BCUT2D eigenvalue weighted by Gasteiger charge is -2.50. The minimum Gasteiger partial charge on any atom is -0.504 e. The number of likely N-dealkylation sites (tertiary alicyclic amines) is 2. The molecule has 5 rings (SSSR count). The number of aromatic hydroxyl groups is 1. The highest BCUT2D eigenvalue weighted by molar-refractivity contribution is 6.53. The maximum atomic E-state index is 13.6. The number of imide groups is 2. The molecule has 39 heavy (non-hydrogen) atoms. The number of carbonyl (C=O) groups is 5. The quantitative estimate of drug-likeness (QED) is 0.285. The molecule has 4 amide bonds. The van der Waals surface area contributed by atoms with Gasteiger partial charge in [0.15, 0.2) is 21.2 Å². The summed E-state index contributed by atoms with van der Waals surface area (Å²) >= 11 is 14.2. The zero-order chi connectivity index (χ0) is 28.4. The van der Waals surface area contributed by atoms with Gasteiger partial charge in [-0.3, -0.25) is 33.8 Å². The molecule has 0 spiro atoms. The Morgan fingerprint density at radius 1 is 1.13 bits per heavy atom. The molecule has 3 fully saturated rings. The maximum absolute atomic E-state index is 13.6. The molecule has 6 atom stereocenters. The van der Waals surface area contributed by atoms with Gasteiger partial charge in [-0.1, -0.05) is 23.8 Å². The Morgan fingerprint density at radius 2 is 1.85 bits per heavy atom. The molecule has 4 aliphatic rings. The lowest BCUT2D eigenvalue weighted by molar-refractivity contribution is -0.142. The molecule has 2 heterocycles. The number of para-hydroxylation sites is 1. The minimum atomic E-state index is -2.01. The van der Waals surface area contributed by atoms with Gasteiger partial charge < -0.3 is 14.9 Å². The van der Waals surface area contributed by atoms with Crippen LogP contribution in [0.1, 0.15) is 44.1 Å². The van der Waals surface area contributed by atoms with Crippen LogP contribution in [0.3, 0.4) is 0 Å². The van der Waals surface area contributed by atoms with Gasteiger partial charge >= 0.3 is 5.97 Å². The molecule has 0 bridgehead atoms. The van der Waals surface area contributed by atoms with Gasteiger partial charge in [0.2, 0.25) is 11.8 Å². The number of phenolic OH excluding ortho intramolecular Hbond substituents is 1. The number of rotatable bonds is 7. The van der Waals surface area contributed by atoms with Gasteiger partial charge in [0.1, 0.15) is 0 Å². The van der Waals surface area contributed by atoms with E-state index < -0.39 is 63.0 Å². The van der Waals surface area contributed by atoms with Gasteiger partial charge in [-0.25, -0.2) is 0 Å². The van der Waals surface area contributed by atoms with E-state index in [1.807, 2.05) is 0 Å². The number of amides is 4. The SMILES string of the molecule is CCOc1cccc(C2C3=CCC4C(=O)N(CCCC(=O)O)C(=O)C4C3CC3(Cl)C(=O)N(C)C(=O)C23Cl)c1O. The highest BCUT2D eigenvalue weighted by atomic mass is 35.5. The second-order valence-electron chi connectivity index (χ2n) is 10.5. The van der Waals surface area contributed by atoms with E-state index in [-0.39, 0.29) is 55.9 Å². The second-order valence-corrected chi connectivity index (χ2v) is 11.7. The van der Waals surface area contributed by atoms with Gasteiger partial charge in [0, 0.05) is 31.5 Å². The molecule has 2 N–H and O–H groups in total. The molecule has 1 aromatic carbocycles. The molecule has 2 aliphatic carbocycles. The van der Waals surface area contributed by atoms with Gasteiger partial charge in [0.05, 0.1) is 18.4 Å². The van der Waals surface area contributed by atoms with Crippen LogP contribution in [0.25, 0.3) is 0 Å². The largest absolute Gasteiger partial charge is 0.504 e. The van der Waals surface area contributed by atoms with Crippen LogP contribution >= 0.6 is 23.2 Å². The van der Waals surface area contributed by atoms with Crippen molar-refractivity contribution in [3.8, 4) is 11.5 Å². The zero-order valence-corrected chi connectivity index (χ0v) is 22.9. The van der Waals surface area contributed by atoms with Crippen LogP contribution in [0.5, 0.6) is 11.5 Å². The van der Waals surface area contributed by atoms with E-state index in [2.05, 4.69) is 0 Å². The van der Waals surface area contributed by atoms with Crippen molar-refractivity contribution >= 4 is 52.8 Å². The van der Waals surface area contributed by atoms with Crippen molar-refractivity contribution in [3.63, 3.8) is 0 Å². The predicted molar refractivity (Wildman–Crippen MR) is 138 cm³/mol. The molecule has 12 heteroatoms. The standard InChI is InChI=1S/C27H28Cl2N2O8/c1-3-39-17-7-4-6-15(21(17)34)20-13-9-10-14-19(23(36)31(22(14)35)11-5-8-18(32)33)16(13)12-26(28)24(37)30(2)25(38)27(20,26)29/h4,6-7,9,14,16,19-20,34H,3,5,8,10-12H2,1-2H3,(H,32,33). The van der Waals surface area contributed by atoms with Gasteiger partial charge in [-0.05, 0) is 38.2 Å². The summed E-state index contributed by atoms with van der Waals surface area (Å²) in [6.07, 6.45) is 1.70. The smallest absolute Gasteiger partial charge is 0.303 e. The Balaban J connectivity index is 1.64. The summed E-state index contributed by atoms with van der Waals surface area (Å²) in [5, 5.41) is 20.2. The summed E-state index contributed by atoms with van der Waals surface area (Å²) in [7, 11) is 1.29. The fraction of sp³-hybridized carbons (Fsp3) is 0.519. The number of carbonyl (C=O) groups excluding carboxylic acids is 4. The van der Waals surface area contributed by atoms with Gasteiger partial charge in [-0.2, -0.15) is 0 Å².